The Balaban J connectivity index is 1.61. The molecule has 0 radical (unpaired) electrons. The first kappa shape index (κ1) is 19.6. The number of carboxylic acids is 2. The summed E-state index contributed by atoms with van der Waals surface area (Å²) in [6, 6.07) is 19.0. The van der Waals surface area contributed by atoms with Gasteiger partial charge in [-0.2, -0.15) is 0 Å². The van der Waals surface area contributed by atoms with Crippen LogP contribution in [0.25, 0.3) is 0 Å². The van der Waals surface area contributed by atoms with E-state index in [1.807, 2.05) is 0 Å². The number of nitrogens with one attached hydrogen (secondary N) is 1. The average molecular weight is 391 g/mol. The minimum atomic E-state index is -1.08. The Morgan fingerprint density at radius 3 is 1.93 bits per heavy atom. The second-order valence-corrected chi connectivity index (χ2v) is 6.14. The Labute approximate surface area is 166 Å². The minimum Gasteiger partial charge on any atom is -0.478 e. The van der Waals surface area contributed by atoms with Gasteiger partial charge in [-0.05, 0) is 60.2 Å². The van der Waals surface area contributed by atoms with Gasteiger partial charge in [0.25, 0.3) is 0 Å². The number of carbonyl (C=O) groups is 3. The molecule has 146 valence electrons. The first-order chi connectivity index (χ1) is 13.9. The van der Waals surface area contributed by atoms with E-state index in [1.54, 1.807) is 54.6 Å². The van der Waals surface area contributed by atoms with E-state index in [1.165, 1.54) is 18.2 Å². The summed E-state index contributed by atoms with van der Waals surface area (Å²) in [7, 11) is 0. The monoisotopic (exact) mass is 391 g/mol. The molecule has 0 saturated heterocycles. The third-order valence-corrected chi connectivity index (χ3v) is 4.07. The van der Waals surface area contributed by atoms with E-state index in [2.05, 4.69) is 5.32 Å². The smallest absolute Gasteiger partial charge is 0.335 e. The van der Waals surface area contributed by atoms with Crippen LogP contribution in [0.4, 0.5) is 5.69 Å². The molecule has 0 fully saturated rings. The molecule has 7 nitrogen and oxygen atoms in total. The molecule has 0 aliphatic heterocycles. The lowest BCUT2D eigenvalue weighted by molar-refractivity contribution is -0.115. The first-order valence-corrected chi connectivity index (χ1v) is 8.65. The predicted molar refractivity (Wildman–Crippen MR) is 106 cm³/mol. The number of aromatic carboxylic acids is 2. The van der Waals surface area contributed by atoms with E-state index in [0.29, 0.717) is 22.7 Å². The van der Waals surface area contributed by atoms with Crippen LogP contribution in [0.3, 0.4) is 0 Å². The van der Waals surface area contributed by atoms with E-state index >= 15 is 0 Å². The number of anilines is 1. The van der Waals surface area contributed by atoms with Crippen LogP contribution in [0.1, 0.15) is 26.3 Å². The van der Waals surface area contributed by atoms with E-state index in [-0.39, 0.29) is 23.5 Å². The molecule has 0 heterocycles. The molecule has 0 saturated carbocycles. The third-order valence-electron chi connectivity index (χ3n) is 4.07. The van der Waals surface area contributed by atoms with Crippen molar-refractivity contribution in [2.24, 2.45) is 0 Å². The summed E-state index contributed by atoms with van der Waals surface area (Å²) in [5.74, 6) is -1.43. The second-order valence-electron chi connectivity index (χ2n) is 6.14. The molecule has 0 aromatic heterocycles. The van der Waals surface area contributed by atoms with E-state index < -0.39 is 11.9 Å². The zero-order chi connectivity index (χ0) is 20.8. The molecule has 0 spiro atoms. The van der Waals surface area contributed by atoms with Crippen molar-refractivity contribution >= 4 is 23.5 Å². The topological polar surface area (TPSA) is 113 Å². The zero-order valence-electron chi connectivity index (χ0n) is 15.2. The molecule has 0 bridgehead atoms. The van der Waals surface area contributed by atoms with Crippen molar-refractivity contribution in [1.29, 1.82) is 0 Å². The van der Waals surface area contributed by atoms with Gasteiger partial charge in [-0.3, -0.25) is 4.79 Å². The van der Waals surface area contributed by atoms with Crippen LogP contribution in [0.15, 0.2) is 72.8 Å². The zero-order valence-corrected chi connectivity index (χ0v) is 15.2. The number of rotatable bonds is 7. The fourth-order valence-corrected chi connectivity index (χ4v) is 2.67. The van der Waals surface area contributed by atoms with Gasteiger partial charge in [0.2, 0.25) is 5.91 Å². The molecule has 0 aliphatic carbocycles. The second kappa shape index (κ2) is 8.71. The van der Waals surface area contributed by atoms with Gasteiger partial charge in [0.15, 0.2) is 0 Å². The van der Waals surface area contributed by atoms with Gasteiger partial charge in [0, 0.05) is 5.69 Å². The minimum absolute atomic E-state index is 0.0589. The Kier molecular flexibility index (Phi) is 5.89. The maximum absolute atomic E-state index is 12.2. The van der Waals surface area contributed by atoms with Crippen molar-refractivity contribution in [3.63, 3.8) is 0 Å². The van der Waals surface area contributed by atoms with Crippen LogP contribution in [-0.2, 0) is 11.2 Å². The third kappa shape index (κ3) is 5.20. The maximum Gasteiger partial charge on any atom is 0.335 e. The summed E-state index contributed by atoms with van der Waals surface area (Å²) in [5.41, 5.74) is 1.24. The van der Waals surface area contributed by atoms with Gasteiger partial charge >= 0.3 is 11.9 Å². The van der Waals surface area contributed by atoms with Crippen LogP contribution >= 0.6 is 0 Å². The van der Waals surface area contributed by atoms with E-state index in [4.69, 9.17) is 9.84 Å². The van der Waals surface area contributed by atoms with Crippen molar-refractivity contribution in [3.05, 3.63) is 89.5 Å². The van der Waals surface area contributed by atoms with E-state index in [9.17, 15) is 19.5 Å². The summed E-state index contributed by atoms with van der Waals surface area (Å²) in [6.45, 7) is 0. The van der Waals surface area contributed by atoms with Crippen LogP contribution in [0.2, 0.25) is 0 Å². The van der Waals surface area contributed by atoms with Gasteiger partial charge in [-0.25, -0.2) is 9.59 Å². The molecule has 29 heavy (non-hydrogen) atoms. The average Bonchev–Trinajstić information content (AvgIpc) is 2.70. The van der Waals surface area contributed by atoms with Crippen LogP contribution in [0, 0.1) is 0 Å². The SMILES string of the molecule is O=C(Cc1ccccc1C(=O)O)Nc1ccc(Oc2ccc(C(=O)O)cc2)cc1. The summed E-state index contributed by atoms with van der Waals surface area (Å²) < 4.78 is 5.64. The van der Waals surface area contributed by atoms with Crippen molar-refractivity contribution < 1.29 is 29.3 Å². The lowest BCUT2D eigenvalue weighted by Gasteiger charge is -2.09. The van der Waals surface area contributed by atoms with Gasteiger partial charge in [0.05, 0.1) is 17.5 Å². The Hall–Kier alpha value is -4.13. The number of carboxylic acid groups (broad SMARTS) is 2. The first-order valence-electron chi connectivity index (χ1n) is 8.65. The molecule has 0 unspecified atom stereocenters. The molecule has 3 rings (SSSR count). The molecule has 3 aromatic carbocycles. The van der Waals surface area contributed by atoms with E-state index in [0.717, 1.165) is 0 Å². The number of benzene rings is 3. The van der Waals surface area contributed by atoms with Crippen molar-refractivity contribution in [3.8, 4) is 11.5 Å². The quantitative estimate of drug-likeness (QED) is 0.560. The highest BCUT2D eigenvalue weighted by Gasteiger charge is 2.12. The number of ether oxygens (including phenoxy) is 1. The largest absolute Gasteiger partial charge is 0.478 e. The highest BCUT2D eigenvalue weighted by Crippen LogP contribution is 2.23. The van der Waals surface area contributed by atoms with Crippen LogP contribution in [0.5, 0.6) is 11.5 Å². The molecule has 0 aliphatic rings. The summed E-state index contributed by atoms with van der Waals surface area (Å²) in [6.07, 6.45) is -0.0589. The Bertz CT molecular complexity index is 1040. The fourth-order valence-electron chi connectivity index (χ4n) is 2.67. The Morgan fingerprint density at radius 2 is 1.34 bits per heavy atom. The molecule has 1 amide bonds. The molecular formula is C22H17NO6. The predicted octanol–water partition coefficient (Wildman–Crippen LogP) is 4.06. The van der Waals surface area contributed by atoms with Gasteiger partial charge in [0.1, 0.15) is 11.5 Å². The number of amides is 1. The number of carbonyl (C=O) groups excluding carboxylic acids is 1. The molecule has 3 aromatic rings. The van der Waals surface area contributed by atoms with Gasteiger partial charge in [-0.15, -0.1) is 0 Å². The number of hydrogen-bond acceptors (Lipinski definition) is 4. The Morgan fingerprint density at radius 1 is 0.759 bits per heavy atom. The van der Waals surface area contributed by atoms with Gasteiger partial charge < -0.3 is 20.3 Å². The van der Waals surface area contributed by atoms with Crippen LogP contribution in [-0.4, -0.2) is 28.1 Å². The highest BCUT2D eigenvalue weighted by molar-refractivity contribution is 5.96. The standard InChI is InChI=1S/C22H17NO6/c24-20(13-15-3-1-2-4-19(15)22(27)28)23-16-7-11-18(12-8-16)29-17-9-5-14(6-10-17)21(25)26/h1-12H,13H2,(H,23,24)(H,25,26)(H,27,28). The lowest BCUT2D eigenvalue weighted by Crippen LogP contribution is -2.16. The maximum atomic E-state index is 12.2. The normalized spacial score (nSPS) is 10.2. The summed E-state index contributed by atoms with van der Waals surface area (Å²) in [5, 5.41) is 20.8. The van der Waals surface area contributed by atoms with Crippen molar-refractivity contribution in [2.75, 3.05) is 5.32 Å². The summed E-state index contributed by atoms with van der Waals surface area (Å²) >= 11 is 0. The van der Waals surface area contributed by atoms with Gasteiger partial charge in [-0.1, -0.05) is 18.2 Å². The summed E-state index contributed by atoms with van der Waals surface area (Å²) in [4.78, 5) is 34.3. The van der Waals surface area contributed by atoms with Crippen LogP contribution < -0.4 is 10.1 Å². The molecule has 7 heteroatoms. The van der Waals surface area contributed by atoms with Crippen molar-refractivity contribution in [2.45, 2.75) is 6.42 Å². The highest BCUT2D eigenvalue weighted by atomic mass is 16.5. The number of hydrogen-bond donors (Lipinski definition) is 3. The lowest BCUT2D eigenvalue weighted by atomic mass is 10.0. The molecule has 0 atom stereocenters. The molecular weight excluding hydrogens is 374 g/mol. The molecule has 3 N–H and O–H groups in total. The fraction of sp³-hybridized carbons (Fsp3) is 0.0455. The van der Waals surface area contributed by atoms with Crippen molar-refractivity contribution in [1.82, 2.24) is 0 Å².